The number of hydrogen-bond donors (Lipinski definition) is 4. The van der Waals surface area contributed by atoms with E-state index in [1.165, 1.54) is 141 Å². The Bertz CT molecular complexity index is 611. The number of aliphatic hydroxyl groups excluding tert-OH is 3. The topological polar surface area (TPSA) is 89.8 Å². The normalized spacial score (nSPS) is 13.8. The van der Waals surface area contributed by atoms with Crippen molar-refractivity contribution in [3.05, 3.63) is 12.2 Å². The molecule has 5 nitrogen and oxygen atoms in total. The van der Waals surface area contributed by atoms with Crippen molar-refractivity contribution in [1.29, 1.82) is 0 Å². The largest absolute Gasteiger partial charge is 0.394 e. The van der Waals surface area contributed by atoms with Crippen molar-refractivity contribution in [2.75, 3.05) is 6.61 Å². The van der Waals surface area contributed by atoms with E-state index < -0.39 is 18.2 Å². The summed E-state index contributed by atoms with van der Waals surface area (Å²) in [5.74, 6) is -0.149. The van der Waals surface area contributed by atoms with Crippen LogP contribution in [0, 0.1) is 0 Å². The lowest BCUT2D eigenvalue weighted by Gasteiger charge is -2.26. The molecule has 4 N–H and O–H groups in total. The molecule has 0 saturated carbocycles. The molecular formula is C39H77NO4. The third-order valence-corrected chi connectivity index (χ3v) is 9.12. The number of unbranched alkanes of at least 4 members (excludes halogenated alkanes) is 25. The van der Waals surface area contributed by atoms with Crippen molar-refractivity contribution >= 4 is 5.91 Å². The van der Waals surface area contributed by atoms with Crippen LogP contribution >= 0.6 is 0 Å². The van der Waals surface area contributed by atoms with Crippen LogP contribution in [0.3, 0.4) is 0 Å². The first-order chi connectivity index (χ1) is 21.6. The molecule has 0 saturated heterocycles. The van der Waals surface area contributed by atoms with E-state index >= 15 is 0 Å². The first-order valence-corrected chi connectivity index (χ1v) is 19.5. The maximum Gasteiger partial charge on any atom is 0.220 e. The first-order valence-electron chi connectivity index (χ1n) is 19.5. The average molecular weight is 624 g/mol. The number of rotatable bonds is 35. The van der Waals surface area contributed by atoms with Crippen LogP contribution < -0.4 is 5.32 Å². The monoisotopic (exact) mass is 624 g/mol. The molecule has 0 aromatic heterocycles. The fourth-order valence-electron chi connectivity index (χ4n) is 6.04. The van der Waals surface area contributed by atoms with Gasteiger partial charge >= 0.3 is 0 Å². The van der Waals surface area contributed by atoms with Crippen LogP contribution in [0.5, 0.6) is 0 Å². The molecule has 3 unspecified atom stereocenters. The van der Waals surface area contributed by atoms with E-state index in [9.17, 15) is 20.1 Å². The highest BCUT2D eigenvalue weighted by molar-refractivity contribution is 5.76. The van der Waals surface area contributed by atoms with Crippen LogP contribution in [-0.2, 0) is 4.79 Å². The Hall–Kier alpha value is -0.910. The molecule has 0 heterocycles. The fraction of sp³-hybridized carbons (Fsp3) is 0.923. The quantitative estimate of drug-likeness (QED) is 0.0418. The lowest BCUT2D eigenvalue weighted by molar-refractivity contribution is -0.124. The van der Waals surface area contributed by atoms with E-state index in [2.05, 4.69) is 31.3 Å². The van der Waals surface area contributed by atoms with Crippen molar-refractivity contribution in [3.63, 3.8) is 0 Å². The zero-order valence-electron chi connectivity index (χ0n) is 29.6. The van der Waals surface area contributed by atoms with E-state index in [4.69, 9.17) is 0 Å². The lowest BCUT2D eigenvalue weighted by atomic mass is 9.99. The lowest BCUT2D eigenvalue weighted by Crippen LogP contribution is -2.50. The Morgan fingerprint density at radius 2 is 0.909 bits per heavy atom. The molecule has 0 rings (SSSR count). The predicted octanol–water partition coefficient (Wildman–Crippen LogP) is 10.5. The van der Waals surface area contributed by atoms with Gasteiger partial charge in [-0.25, -0.2) is 0 Å². The van der Waals surface area contributed by atoms with Crippen molar-refractivity contribution in [3.8, 4) is 0 Å². The van der Waals surface area contributed by atoms with Gasteiger partial charge in [0.25, 0.3) is 0 Å². The van der Waals surface area contributed by atoms with Gasteiger partial charge in [0.1, 0.15) is 6.10 Å². The van der Waals surface area contributed by atoms with Crippen LogP contribution in [0.15, 0.2) is 12.2 Å². The standard InChI is InChI=1S/C39H77NO4/c1-3-5-7-9-11-13-15-16-17-18-19-20-21-22-24-26-28-30-32-34-38(43)40-36(35-41)39(44)37(42)33-31-29-27-25-23-14-12-10-8-6-4-2/h18-19,36-37,39,41-42,44H,3-17,20-35H2,1-2H3,(H,40,43)/b19-18-. The molecule has 0 aromatic rings. The second kappa shape index (κ2) is 35.0. The van der Waals surface area contributed by atoms with Gasteiger partial charge in [-0.1, -0.05) is 174 Å². The number of carbonyl (C=O) groups is 1. The third kappa shape index (κ3) is 29.8. The number of hydrogen-bond acceptors (Lipinski definition) is 4. The van der Waals surface area contributed by atoms with Crippen molar-refractivity contribution in [2.24, 2.45) is 0 Å². The third-order valence-electron chi connectivity index (χ3n) is 9.12. The van der Waals surface area contributed by atoms with Gasteiger partial charge in [-0.15, -0.1) is 0 Å². The molecule has 0 bridgehead atoms. The summed E-state index contributed by atoms with van der Waals surface area (Å²) < 4.78 is 0. The number of aliphatic hydroxyl groups is 3. The summed E-state index contributed by atoms with van der Waals surface area (Å²) in [6.45, 7) is 4.16. The zero-order valence-corrected chi connectivity index (χ0v) is 29.6. The molecule has 0 fully saturated rings. The highest BCUT2D eigenvalue weighted by atomic mass is 16.3. The second-order valence-electron chi connectivity index (χ2n) is 13.5. The summed E-state index contributed by atoms with van der Waals surface area (Å²) in [6.07, 6.45) is 38.8. The second-order valence-corrected chi connectivity index (χ2v) is 13.5. The molecule has 3 atom stereocenters. The minimum absolute atomic E-state index is 0.149. The van der Waals surface area contributed by atoms with Gasteiger partial charge in [-0.3, -0.25) is 4.79 Å². The van der Waals surface area contributed by atoms with Gasteiger partial charge in [-0.05, 0) is 38.5 Å². The van der Waals surface area contributed by atoms with E-state index in [-0.39, 0.29) is 12.5 Å². The molecule has 0 aliphatic rings. The Labute approximate surface area is 274 Å². The molecule has 1 amide bonds. The summed E-state index contributed by atoms with van der Waals surface area (Å²) in [7, 11) is 0. The average Bonchev–Trinajstić information content (AvgIpc) is 3.03. The summed E-state index contributed by atoms with van der Waals surface area (Å²) >= 11 is 0. The minimum atomic E-state index is -1.13. The molecular weight excluding hydrogens is 546 g/mol. The van der Waals surface area contributed by atoms with E-state index in [1.54, 1.807) is 0 Å². The molecule has 0 spiro atoms. The fourth-order valence-corrected chi connectivity index (χ4v) is 6.04. The van der Waals surface area contributed by atoms with Crippen LogP contribution in [0.4, 0.5) is 0 Å². The van der Waals surface area contributed by atoms with Crippen molar-refractivity contribution in [2.45, 2.75) is 225 Å². The molecule has 0 aliphatic carbocycles. The van der Waals surface area contributed by atoms with Gasteiger partial charge in [0.2, 0.25) is 5.91 Å². The van der Waals surface area contributed by atoms with Gasteiger partial charge in [0, 0.05) is 6.42 Å². The minimum Gasteiger partial charge on any atom is -0.394 e. The molecule has 44 heavy (non-hydrogen) atoms. The zero-order chi connectivity index (χ0) is 32.4. The van der Waals surface area contributed by atoms with E-state index in [1.807, 2.05) is 0 Å². The molecule has 0 aromatic carbocycles. The first kappa shape index (κ1) is 43.1. The van der Waals surface area contributed by atoms with Gasteiger partial charge < -0.3 is 20.6 Å². The van der Waals surface area contributed by atoms with Crippen LogP contribution in [-0.4, -0.2) is 46.1 Å². The van der Waals surface area contributed by atoms with Crippen LogP contribution in [0.25, 0.3) is 0 Å². The Balaban J connectivity index is 3.64. The SMILES string of the molecule is CCCCCCCCCC/C=C\CCCCCCCCCC(=O)NC(CO)C(O)C(O)CCCCCCCCCCCCC. The Kier molecular flexibility index (Phi) is 34.2. The van der Waals surface area contributed by atoms with E-state index in [0.717, 1.165) is 38.5 Å². The predicted molar refractivity (Wildman–Crippen MR) is 190 cm³/mol. The summed E-state index contributed by atoms with van der Waals surface area (Å²) in [4.78, 5) is 12.4. The van der Waals surface area contributed by atoms with Crippen LogP contribution in [0.1, 0.15) is 206 Å². The maximum absolute atomic E-state index is 12.4. The summed E-state index contributed by atoms with van der Waals surface area (Å²) in [6, 6.07) is -0.806. The Morgan fingerprint density at radius 1 is 0.545 bits per heavy atom. The summed E-state index contributed by atoms with van der Waals surface area (Å²) in [5, 5.41) is 33.3. The number of nitrogens with one attached hydrogen (secondary N) is 1. The van der Waals surface area contributed by atoms with Gasteiger partial charge in [0.15, 0.2) is 0 Å². The molecule has 0 radical (unpaired) electrons. The van der Waals surface area contributed by atoms with Gasteiger partial charge in [-0.2, -0.15) is 0 Å². The highest BCUT2D eigenvalue weighted by Crippen LogP contribution is 2.15. The smallest absolute Gasteiger partial charge is 0.220 e. The molecule has 0 aliphatic heterocycles. The van der Waals surface area contributed by atoms with Crippen molar-refractivity contribution < 1.29 is 20.1 Å². The highest BCUT2D eigenvalue weighted by Gasteiger charge is 2.26. The van der Waals surface area contributed by atoms with E-state index in [0.29, 0.717) is 12.8 Å². The van der Waals surface area contributed by atoms with Crippen molar-refractivity contribution in [1.82, 2.24) is 5.32 Å². The molecule has 5 heteroatoms. The number of carbonyl (C=O) groups excluding carboxylic acids is 1. The Morgan fingerprint density at radius 3 is 1.32 bits per heavy atom. The molecule has 262 valence electrons. The number of amides is 1. The summed E-state index contributed by atoms with van der Waals surface area (Å²) in [5.41, 5.74) is 0. The maximum atomic E-state index is 12.4. The van der Waals surface area contributed by atoms with Gasteiger partial charge in [0.05, 0.1) is 18.8 Å². The van der Waals surface area contributed by atoms with Crippen LogP contribution in [0.2, 0.25) is 0 Å². The number of allylic oxidation sites excluding steroid dienone is 2.